The maximum Gasteiger partial charge on any atom is 0.534 e. The molecule has 0 amide bonds. The second-order valence-corrected chi connectivity index (χ2v) is 4.44. The molecule has 0 aliphatic carbocycles. The quantitative estimate of drug-likeness (QED) is 0.589. The van der Waals surface area contributed by atoms with Gasteiger partial charge in [0.1, 0.15) is 0 Å². The third-order valence-electron chi connectivity index (χ3n) is 1.67. The molecule has 9 heteroatoms. The lowest BCUT2D eigenvalue weighted by atomic mass is 10.3. The number of rotatable bonds is 2. The molecule has 1 rings (SSSR count). The molecule has 0 N–H and O–H groups in total. The Hall–Kier alpha value is -1.38. The summed E-state index contributed by atoms with van der Waals surface area (Å²) in [6, 6.07) is -0.847. The van der Waals surface area contributed by atoms with Crippen molar-refractivity contribution in [1.29, 1.82) is 0 Å². The van der Waals surface area contributed by atoms with E-state index in [-0.39, 0.29) is 0 Å². The van der Waals surface area contributed by atoms with Gasteiger partial charge in [0.25, 0.3) is 0 Å². The molecule has 0 radical (unpaired) electrons. The van der Waals surface area contributed by atoms with Gasteiger partial charge in [0.05, 0.1) is 0 Å². The maximum atomic E-state index is 11.9. The van der Waals surface area contributed by atoms with Gasteiger partial charge in [-0.3, -0.25) is 0 Å². The highest BCUT2D eigenvalue weighted by molar-refractivity contribution is 7.87. The van der Waals surface area contributed by atoms with Crippen LogP contribution in [0.25, 0.3) is 0 Å². The molecule has 0 bridgehead atoms. The molecule has 1 aromatic rings. The van der Waals surface area contributed by atoms with Crippen LogP contribution < -0.4 is 4.18 Å². The van der Waals surface area contributed by atoms with Crippen molar-refractivity contribution >= 4 is 10.1 Å². The first-order chi connectivity index (χ1) is 7.13. The van der Waals surface area contributed by atoms with Gasteiger partial charge in [-0.1, -0.05) is 0 Å². The van der Waals surface area contributed by atoms with Crippen molar-refractivity contribution in [2.75, 3.05) is 0 Å². The Balaban J connectivity index is 3.03. The lowest BCUT2D eigenvalue weighted by Crippen LogP contribution is -2.28. The van der Waals surface area contributed by atoms with Gasteiger partial charge >= 0.3 is 21.6 Å². The topological polar surface area (TPSA) is 69.2 Å². The molecule has 16 heavy (non-hydrogen) atoms. The zero-order chi connectivity index (χ0) is 12.6. The summed E-state index contributed by atoms with van der Waals surface area (Å²) in [7, 11) is -5.71. The molecular weight excluding hydrogens is 249 g/mol. The van der Waals surface area contributed by atoms with E-state index in [0.717, 1.165) is 0 Å². The summed E-state index contributed by atoms with van der Waals surface area (Å²) in [6.07, 6.45) is 1.17. The number of hydrogen-bond donors (Lipinski definition) is 0. The summed E-state index contributed by atoms with van der Waals surface area (Å²) in [5, 5.41) is 0. The van der Waals surface area contributed by atoms with E-state index in [4.69, 9.17) is 0 Å². The number of aryl methyl sites for hydroxylation is 2. The Morgan fingerprint density at radius 3 is 2.31 bits per heavy atom. The van der Waals surface area contributed by atoms with Crippen molar-refractivity contribution in [3.8, 4) is 6.01 Å². The molecule has 0 aliphatic rings. The van der Waals surface area contributed by atoms with Crippen LogP contribution in [0.4, 0.5) is 13.2 Å². The fourth-order valence-corrected chi connectivity index (χ4v) is 1.06. The van der Waals surface area contributed by atoms with Crippen LogP contribution in [0.15, 0.2) is 6.20 Å². The van der Waals surface area contributed by atoms with Gasteiger partial charge < -0.3 is 4.18 Å². The summed E-state index contributed by atoms with van der Waals surface area (Å²) in [6.45, 7) is 3.11. The highest BCUT2D eigenvalue weighted by Crippen LogP contribution is 2.25. The number of alkyl halides is 3. The second-order valence-electron chi connectivity index (χ2n) is 2.90. The van der Waals surface area contributed by atoms with Crippen molar-refractivity contribution < 1.29 is 25.8 Å². The van der Waals surface area contributed by atoms with Gasteiger partial charge in [-0.25, -0.2) is 4.98 Å². The maximum absolute atomic E-state index is 11.9. The van der Waals surface area contributed by atoms with E-state index < -0.39 is 21.6 Å². The third-order valence-corrected chi connectivity index (χ3v) is 2.61. The van der Waals surface area contributed by atoms with Crippen LogP contribution in [-0.4, -0.2) is 23.9 Å². The summed E-state index contributed by atoms with van der Waals surface area (Å²) in [5.74, 6) is 0. The summed E-state index contributed by atoms with van der Waals surface area (Å²) in [5.41, 5.74) is -4.55. The average molecular weight is 256 g/mol. The molecule has 5 nitrogen and oxygen atoms in total. The number of nitrogens with zero attached hydrogens (tertiary/aromatic N) is 2. The van der Waals surface area contributed by atoms with Gasteiger partial charge in [0.2, 0.25) is 0 Å². The fourth-order valence-electron chi connectivity index (χ4n) is 0.691. The molecule has 0 unspecified atom stereocenters. The minimum absolute atomic E-state index is 0.336. The van der Waals surface area contributed by atoms with Crippen molar-refractivity contribution in [3.05, 3.63) is 17.5 Å². The largest absolute Gasteiger partial charge is 0.534 e. The van der Waals surface area contributed by atoms with Gasteiger partial charge in [0, 0.05) is 11.9 Å². The average Bonchev–Trinajstić information content (AvgIpc) is 2.09. The summed E-state index contributed by atoms with van der Waals surface area (Å²) >= 11 is 0. The highest BCUT2D eigenvalue weighted by Gasteiger charge is 2.49. The van der Waals surface area contributed by atoms with Crippen LogP contribution in [0.3, 0.4) is 0 Å². The van der Waals surface area contributed by atoms with E-state index >= 15 is 0 Å². The molecule has 1 heterocycles. The van der Waals surface area contributed by atoms with Crippen molar-refractivity contribution in [3.63, 3.8) is 0 Å². The van der Waals surface area contributed by atoms with Gasteiger partial charge in [-0.2, -0.15) is 26.6 Å². The first-order valence-electron chi connectivity index (χ1n) is 3.94. The molecule has 0 atom stereocenters. The molecule has 0 spiro atoms. The highest BCUT2D eigenvalue weighted by atomic mass is 32.2. The molecule has 0 aromatic carbocycles. The van der Waals surface area contributed by atoms with Crippen molar-refractivity contribution in [2.24, 2.45) is 0 Å². The number of hydrogen-bond acceptors (Lipinski definition) is 5. The predicted octanol–water partition coefficient (Wildman–Crippen LogP) is 1.32. The van der Waals surface area contributed by atoms with E-state index in [1.54, 1.807) is 6.92 Å². The standard InChI is InChI=1S/C7H7F3N2O3S/c1-4-3-11-6(12-5(4)2)15-16(13,14)7(8,9)10/h3H,1-2H3. The Bertz CT molecular complexity index is 498. The van der Waals surface area contributed by atoms with Crippen LogP contribution in [0.2, 0.25) is 0 Å². The minimum atomic E-state index is -5.71. The zero-order valence-electron chi connectivity index (χ0n) is 8.24. The van der Waals surface area contributed by atoms with Crippen LogP contribution in [-0.2, 0) is 10.1 Å². The van der Waals surface area contributed by atoms with E-state index in [2.05, 4.69) is 14.2 Å². The zero-order valence-corrected chi connectivity index (χ0v) is 9.06. The smallest absolute Gasteiger partial charge is 0.337 e. The van der Waals surface area contributed by atoms with Crippen LogP contribution in [0, 0.1) is 13.8 Å². The SMILES string of the molecule is Cc1cnc(OS(=O)(=O)C(F)(F)F)nc1C. The van der Waals surface area contributed by atoms with Crippen LogP contribution in [0.1, 0.15) is 11.3 Å². The van der Waals surface area contributed by atoms with E-state index in [0.29, 0.717) is 11.3 Å². The first kappa shape index (κ1) is 12.7. The Morgan fingerprint density at radius 2 is 1.88 bits per heavy atom. The van der Waals surface area contributed by atoms with Crippen molar-refractivity contribution in [2.45, 2.75) is 19.4 Å². The van der Waals surface area contributed by atoms with Gasteiger partial charge in [-0.05, 0) is 19.4 Å². The molecule has 90 valence electrons. The number of aromatic nitrogens is 2. The van der Waals surface area contributed by atoms with Gasteiger partial charge in [0.15, 0.2) is 0 Å². The minimum Gasteiger partial charge on any atom is -0.337 e. The fraction of sp³-hybridized carbons (Fsp3) is 0.429. The first-order valence-corrected chi connectivity index (χ1v) is 5.35. The Labute approximate surface area is 89.4 Å². The van der Waals surface area contributed by atoms with E-state index in [1.807, 2.05) is 0 Å². The van der Waals surface area contributed by atoms with E-state index in [1.165, 1.54) is 13.1 Å². The van der Waals surface area contributed by atoms with Crippen LogP contribution in [0.5, 0.6) is 6.01 Å². The molecule has 0 saturated carbocycles. The monoisotopic (exact) mass is 256 g/mol. The summed E-state index contributed by atoms with van der Waals surface area (Å²) in [4.78, 5) is 6.78. The Morgan fingerprint density at radius 1 is 1.31 bits per heavy atom. The van der Waals surface area contributed by atoms with E-state index in [9.17, 15) is 21.6 Å². The van der Waals surface area contributed by atoms with Crippen LogP contribution >= 0.6 is 0 Å². The summed E-state index contributed by atoms with van der Waals surface area (Å²) < 4.78 is 60.7. The third kappa shape index (κ3) is 2.60. The Kier molecular flexibility index (Phi) is 3.08. The number of halogens is 3. The molecule has 0 fully saturated rings. The molecule has 0 aliphatic heterocycles. The van der Waals surface area contributed by atoms with Gasteiger partial charge in [-0.15, -0.1) is 0 Å². The second kappa shape index (κ2) is 3.89. The molecular formula is C7H7F3N2O3S. The molecule has 0 saturated heterocycles. The van der Waals surface area contributed by atoms with Crippen molar-refractivity contribution in [1.82, 2.24) is 9.97 Å². The lowest BCUT2D eigenvalue weighted by molar-refractivity contribution is -0.0502. The lowest BCUT2D eigenvalue weighted by Gasteiger charge is -2.08. The predicted molar refractivity (Wildman–Crippen MR) is 47.1 cm³/mol. The normalized spacial score (nSPS) is 12.6. The molecule has 1 aromatic heterocycles.